The van der Waals surface area contributed by atoms with Gasteiger partial charge in [-0.05, 0) is 52.9 Å². The Bertz CT molecular complexity index is 993. The van der Waals surface area contributed by atoms with E-state index < -0.39 is 5.92 Å². The van der Waals surface area contributed by atoms with Crippen LogP contribution in [-0.4, -0.2) is 23.9 Å². The highest BCUT2D eigenvalue weighted by Crippen LogP contribution is 2.35. The third kappa shape index (κ3) is 3.01. The van der Waals surface area contributed by atoms with Crippen molar-refractivity contribution in [3.63, 3.8) is 0 Å². The van der Waals surface area contributed by atoms with Gasteiger partial charge in [-0.15, -0.1) is 0 Å². The number of H-pyrrole nitrogens is 1. The van der Waals surface area contributed by atoms with Crippen LogP contribution < -0.4 is 15.4 Å². The van der Waals surface area contributed by atoms with E-state index in [1.807, 2.05) is 36.5 Å². The summed E-state index contributed by atoms with van der Waals surface area (Å²) in [4.78, 5) is 27.9. The molecule has 0 saturated carbocycles. The summed E-state index contributed by atoms with van der Waals surface area (Å²) < 4.78 is 5.25. The van der Waals surface area contributed by atoms with Gasteiger partial charge in [-0.2, -0.15) is 0 Å². The lowest BCUT2D eigenvalue weighted by atomic mass is 9.89. The largest absolute Gasteiger partial charge is 0.497 e. The molecule has 0 fully saturated rings. The standard InChI is InChI=1S/C20H19N3O3/c1-26-14-3-5-18-15(9-14)16(10-19(24)23-18)20(25)22-11-12-2-4-17-13(8-12)6-7-21-17/h2-9,16,21H,10-11H2,1H3,(H,22,25)(H,23,24). The second kappa shape index (κ2) is 6.55. The average molecular weight is 349 g/mol. The number of aromatic amines is 1. The van der Waals surface area contributed by atoms with Crippen molar-refractivity contribution in [1.29, 1.82) is 0 Å². The minimum Gasteiger partial charge on any atom is -0.497 e. The second-order valence-electron chi connectivity index (χ2n) is 6.38. The van der Waals surface area contributed by atoms with Crippen LogP contribution >= 0.6 is 0 Å². The Hall–Kier alpha value is -3.28. The molecule has 1 unspecified atom stereocenters. The number of hydrogen-bond donors (Lipinski definition) is 3. The molecule has 0 radical (unpaired) electrons. The predicted octanol–water partition coefficient (Wildman–Crippen LogP) is 2.92. The number of nitrogens with one attached hydrogen (secondary N) is 3. The molecule has 6 nitrogen and oxygen atoms in total. The molecule has 2 amide bonds. The third-order valence-electron chi connectivity index (χ3n) is 4.70. The van der Waals surface area contributed by atoms with Crippen molar-refractivity contribution >= 4 is 28.4 Å². The lowest BCUT2D eigenvalue weighted by molar-refractivity contribution is -0.126. The van der Waals surface area contributed by atoms with Crippen LogP contribution in [0.4, 0.5) is 5.69 Å². The highest BCUT2D eigenvalue weighted by atomic mass is 16.5. The summed E-state index contributed by atoms with van der Waals surface area (Å²) >= 11 is 0. The Morgan fingerprint density at radius 3 is 2.96 bits per heavy atom. The molecule has 6 heteroatoms. The number of fused-ring (bicyclic) bond motifs is 2. The van der Waals surface area contributed by atoms with Crippen molar-refractivity contribution in [3.05, 3.63) is 59.8 Å². The molecule has 26 heavy (non-hydrogen) atoms. The Labute approximate surface area is 150 Å². The molecule has 4 rings (SSSR count). The minimum atomic E-state index is -0.523. The van der Waals surface area contributed by atoms with Crippen molar-refractivity contribution < 1.29 is 14.3 Å². The van der Waals surface area contributed by atoms with Gasteiger partial charge in [-0.3, -0.25) is 9.59 Å². The molecule has 2 aromatic carbocycles. The Kier molecular flexibility index (Phi) is 4.08. The molecule has 1 aromatic heterocycles. The molecular weight excluding hydrogens is 330 g/mol. The topological polar surface area (TPSA) is 83.2 Å². The number of carbonyl (C=O) groups is 2. The number of carbonyl (C=O) groups excluding carboxylic acids is 2. The number of rotatable bonds is 4. The van der Waals surface area contributed by atoms with Crippen molar-refractivity contribution in [3.8, 4) is 5.75 Å². The lowest BCUT2D eigenvalue weighted by Crippen LogP contribution is -2.34. The number of ether oxygens (including phenoxy) is 1. The van der Waals surface area contributed by atoms with Crippen LogP contribution in [0.15, 0.2) is 48.7 Å². The maximum absolute atomic E-state index is 12.8. The van der Waals surface area contributed by atoms with Crippen LogP contribution in [0.25, 0.3) is 10.9 Å². The summed E-state index contributed by atoms with van der Waals surface area (Å²) in [5.41, 5.74) is 3.51. The van der Waals surface area contributed by atoms with Crippen molar-refractivity contribution in [2.75, 3.05) is 12.4 Å². The molecule has 1 atom stereocenters. The van der Waals surface area contributed by atoms with E-state index in [2.05, 4.69) is 15.6 Å². The summed E-state index contributed by atoms with van der Waals surface area (Å²) in [6.07, 6.45) is 2.01. The van der Waals surface area contributed by atoms with Gasteiger partial charge in [0.15, 0.2) is 0 Å². The van der Waals surface area contributed by atoms with Gasteiger partial charge in [-0.1, -0.05) is 6.07 Å². The third-order valence-corrected chi connectivity index (χ3v) is 4.70. The smallest absolute Gasteiger partial charge is 0.228 e. The number of aromatic nitrogens is 1. The zero-order valence-electron chi connectivity index (χ0n) is 14.3. The molecule has 3 N–H and O–H groups in total. The SMILES string of the molecule is COc1ccc2c(c1)C(C(=O)NCc1ccc3[nH]ccc3c1)CC(=O)N2. The molecule has 0 spiro atoms. The van der Waals surface area contributed by atoms with Crippen molar-refractivity contribution in [1.82, 2.24) is 10.3 Å². The average Bonchev–Trinajstić information content (AvgIpc) is 3.12. The van der Waals surface area contributed by atoms with E-state index in [4.69, 9.17) is 4.74 Å². The maximum Gasteiger partial charge on any atom is 0.228 e. The molecule has 0 saturated heterocycles. The van der Waals surface area contributed by atoms with E-state index in [1.165, 1.54) is 0 Å². The number of benzene rings is 2. The van der Waals surface area contributed by atoms with E-state index in [9.17, 15) is 9.59 Å². The number of anilines is 1. The quantitative estimate of drug-likeness (QED) is 0.677. The van der Waals surface area contributed by atoms with Crippen LogP contribution in [0, 0.1) is 0 Å². The Balaban J connectivity index is 1.53. The van der Waals surface area contributed by atoms with Crippen LogP contribution in [0.5, 0.6) is 5.75 Å². The van der Waals surface area contributed by atoms with Gasteiger partial charge < -0.3 is 20.4 Å². The first kappa shape index (κ1) is 16.2. The van der Waals surface area contributed by atoms with Gasteiger partial charge in [0.1, 0.15) is 5.75 Å². The van der Waals surface area contributed by atoms with E-state index >= 15 is 0 Å². The molecule has 2 heterocycles. The van der Waals surface area contributed by atoms with E-state index in [0.717, 1.165) is 22.0 Å². The molecule has 0 aliphatic carbocycles. The van der Waals surface area contributed by atoms with Gasteiger partial charge in [-0.25, -0.2) is 0 Å². The lowest BCUT2D eigenvalue weighted by Gasteiger charge is -2.25. The van der Waals surface area contributed by atoms with E-state index in [1.54, 1.807) is 19.2 Å². The van der Waals surface area contributed by atoms with E-state index in [0.29, 0.717) is 18.0 Å². The van der Waals surface area contributed by atoms with Crippen LogP contribution in [0.3, 0.4) is 0 Å². The monoisotopic (exact) mass is 349 g/mol. The van der Waals surface area contributed by atoms with Crippen molar-refractivity contribution in [2.24, 2.45) is 0 Å². The first-order valence-electron chi connectivity index (χ1n) is 8.45. The molecule has 0 bridgehead atoms. The van der Waals surface area contributed by atoms with Gasteiger partial charge in [0.2, 0.25) is 11.8 Å². The van der Waals surface area contributed by atoms with Crippen LogP contribution in [0.1, 0.15) is 23.5 Å². The summed E-state index contributed by atoms with van der Waals surface area (Å²) in [7, 11) is 1.58. The van der Waals surface area contributed by atoms with Crippen LogP contribution in [-0.2, 0) is 16.1 Å². The Morgan fingerprint density at radius 1 is 1.23 bits per heavy atom. The maximum atomic E-state index is 12.8. The predicted molar refractivity (Wildman–Crippen MR) is 99.1 cm³/mol. The first-order chi connectivity index (χ1) is 12.6. The van der Waals surface area contributed by atoms with Gasteiger partial charge in [0.25, 0.3) is 0 Å². The number of methoxy groups -OCH3 is 1. The molecule has 1 aliphatic heterocycles. The van der Waals surface area contributed by atoms with Gasteiger partial charge in [0, 0.05) is 30.4 Å². The van der Waals surface area contributed by atoms with E-state index in [-0.39, 0.29) is 18.2 Å². The molecule has 3 aromatic rings. The fourth-order valence-electron chi connectivity index (χ4n) is 3.33. The number of hydrogen-bond acceptors (Lipinski definition) is 3. The molecule has 1 aliphatic rings. The van der Waals surface area contributed by atoms with Gasteiger partial charge >= 0.3 is 0 Å². The first-order valence-corrected chi connectivity index (χ1v) is 8.45. The summed E-state index contributed by atoms with van der Waals surface area (Å²) in [5.74, 6) is -0.180. The highest BCUT2D eigenvalue weighted by Gasteiger charge is 2.31. The fourth-order valence-corrected chi connectivity index (χ4v) is 3.33. The molecular formula is C20H19N3O3. The fraction of sp³-hybridized carbons (Fsp3) is 0.200. The summed E-state index contributed by atoms with van der Waals surface area (Å²) in [6, 6.07) is 13.3. The summed E-state index contributed by atoms with van der Waals surface area (Å²) in [6.45, 7) is 0.414. The normalized spacial score (nSPS) is 16.0. The zero-order chi connectivity index (χ0) is 18.1. The van der Waals surface area contributed by atoms with Gasteiger partial charge in [0.05, 0.1) is 13.0 Å². The zero-order valence-corrected chi connectivity index (χ0v) is 14.3. The Morgan fingerprint density at radius 2 is 2.12 bits per heavy atom. The highest BCUT2D eigenvalue weighted by molar-refractivity contribution is 6.01. The summed E-state index contributed by atoms with van der Waals surface area (Å²) in [5, 5.41) is 6.86. The van der Waals surface area contributed by atoms with Crippen molar-refractivity contribution in [2.45, 2.75) is 18.9 Å². The number of amides is 2. The minimum absolute atomic E-state index is 0.128. The van der Waals surface area contributed by atoms with Crippen LogP contribution in [0.2, 0.25) is 0 Å². The molecule has 132 valence electrons. The second-order valence-corrected chi connectivity index (χ2v) is 6.38.